The zero-order chi connectivity index (χ0) is 14.3. The number of amides is 1. The van der Waals surface area contributed by atoms with E-state index in [-0.39, 0.29) is 17.7 Å². The first-order chi connectivity index (χ1) is 8.72. The molecule has 110 valence electrons. The highest BCUT2D eigenvalue weighted by molar-refractivity contribution is 5.69. The monoisotopic (exact) mass is 268 g/mol. The Morgan fingerprint density at radius 2 is 1.68 bits per heavy atom. The summed E-state index contributed by atoms with van der Waals surface area (Å²) in [6.45, 7) is 14.7. The van der Waals surface area contributed by atoms with Gasteiger partial charge in [0.1, 0.15) is 0 Å². The number of hydrogen-bond acceptors (Lipinski definition) is 3. The molecule has 1 amide bonds. The second kappa shape index (κ2) is 4.97. The Bertz CT molecular complexity index is 331. The van der Waals surface area contributed by atoms with Gasteiger partial charge in [0.15, 0.2) is 0 Å². The van der Waals surface area contributed by atoms with Crippen LogP contribution in [-0.2, 0) is 4.74 Å². The summed E-state index contributed by atoms with van der Waals surface area (Å²) in [5.74, 6) is 0. The van der Waals surface area contributed by atoms with Gasteiger partial charge in [-0.25, -0.2) is 4.79 Å². The van der Waals surface area contributed by atoms with Crippen LogP contribution >= 0.6 is 0 Å². The van der Waals surface area contributed by atoms with Gasteiger partial charge in [-0.15, -0.1) is 0 Å². The zero-order valence-electron chi connectivity index (χ0n) is 13.0. The van der Waals surface area contributed by atoms with E-state index >= 15 is 0 Å². The van der Waals surface area contributed by atoms with E-state index in [2.05, 4.69) is 25.7 Å². The minimum Gasteiger partial charge on any atom is -0.447 e. The summed E-state index contributed by atoms with van der Waals surface area (Å²) in [5.41, 5.74) is 0.638. The van der Waals surface area contributed by atoms with E-state index in [0.29, 0.717) is 5.41 Å². The molecule has 2 aliphatic heterocycles. The van der Waals surface area contributed by atoms with Crippen molar-refractivity contribution in [3.63, 3.8) is 0 Å². The molecule has 2 rings (SSSR count). The number of likely N-dealkylation sites (tertiary alicyclic amines) is 2. The highest BCUT2D eigenvalue weighted by Gasteiger charge is 2.48. The molecule has 2 fully saturated rings. The van der Waals surface area contributed by atoms with Crippen molar-refractivity contribution < 1.29 is 9.53 Å². The predicted molar refractivity (Wildman–Crippen MR) is 76.2 cm³/mol. The Morgan fingerprint density at radius 3 is 2.11 bits per heavy atom. The topological polar surface area (TPSA) is 32.8 Å². The van der Waals surface area contributed by atoms with Crippen LogP contribution in [0.2, 0.25) is 0 Å². The van der Waals surface area contributed by atoms with Crippen molar-refractivity contribution in [2.45, 2.75) is 59.1 Å². The molecular weight excluding hydrogens is 240 g/mol. The Morgan fingerprint density at radius 1 is 1.16 bits per heavy atom. The normalized spacial score (nSPS) is 23.6. The van der Waals surface area contributed by atoms with E-state index in [1.165, 1.54) is 12.8 Å². The van der Waals surface area contributed by atoms with Crippen LogP contribution in [0.5, 0.6) is 0 Å². The zero-order valence-corrected chi connectivity index (χ0v) is 13.0. The fourth-order valence-electron chi connectivity index (χ4n) is 3.14. The minimum atomic E-state index is -0.140. The number of piperidine rings is 1. The van der Waals surface area contributed by atoms with Crippen molar-refractivity contribution in [3.8, 4) is 0 Å². The summed E-state index contributed by atoms with van der Waals surface area (Å²) in [5, 5.41) is 0. The maximum atomic E-state index is 11.8. The van der Waals surface area contributed by atoms with E-state index in [4.69, 9.17) is 4.74 Å². The van der Waals surface area contributed by atoms with Gasteiger partial charge in [-0.2, -0.15) is 0 Å². The lowest BCUT2D eigenvalue weighted by molar-refractivity contribution is -0.0596. The van der Waals surface area contributed by atoms with Crippen LogP contribution in [0.25, 0.3) is 0 Å². The molecule has 0 radical (unpaired) electrons. The first-order valence-corrected chi connectivity index (χ1v) is 7.42. The van der Waals surface area contributed by atoms with E-state index in [0.717, 1.165) is 26.2 Å². The third kappa shape index (κ3) is 3.22. The summed E-state index contributed by atoms with van der Waals surface area (Å²) in [6.07, 6.45) is 2.25. The maximum absolute atomic E-state index is 11.8. The molecule has 0 aliphatic carbocycles. The minimum absolute atomic E-state index is 0.0215. The van der Waals surface area contributed by atoms with Gasteiger partial charge in [-0.05, 0) is 60.5 Å². The Balaban J connectivity index is 1.79. The van der Waals surface area contributed by atoms with E-state index in [1.807, 2.05) is 18.7 Å². The molecule has 4 heteroatoms. The van der Waals surface area contributed by atoms with Crippen molar-refractivity contribution in [2.24, 2.45) is 5.41 Å². The standard InChI is InChI=1S/C15H28N2O2/c1-12(2)19-13(18)16-10-15(11-16)6-8-17(9-7-15)14(3,4)5/h12H,6-11H2,1-5H3. The fraction of sp³-hybridized carbons (Fsp3) is 0.933. The average Bonchev–Trinajstić information content (AvgIpc) is 2.23. The van der Waals surface area contributed by atoms with Gasteiger partial charge < -0.3 is 9.64 Å². The van der Waals surface area contributed by atoms with Crippen LogP contribution in [0.15, 0.2) is 0 Å². The number of hydrogen-bond donors (Lipinski definition) is 0. The van der Waals surface area contributed by atoms with E-state index < -0.39 is 0 Å². The quantitative estimate of drug-likeness (QED) is 0.733. The summed E-state index contributed by atoms with van der Waals surface area (Å²) in [6, 6.07) is 0. The van der Waals surface area contributed by atoms with Crippen molar-refractivity contribution in [3.05, 3.63) is 0 Å². The van der Waals surface area contributed by atoms with Gasteiger partial charge in [-0.1, -0.05) is 0 Å². The van der Waals surface area contributed by atoms with Gasteiger partial charge in [0.05, 0.1) is 6.10 Å². The third-order valence-corrected chi connectivity index (χ3v) is 4.42. The smallest absolute Gasteiger partial charge is 0.410 e. The summed E-state index contributed by atoms with van der Waals surface area (Å²) in [4.78, 5) is 16.2. The van der Waals surface area contributed by atoms with Crippen LogP contribution in [0, 0.1) is 5.41 Å². The molecule has 0 saturated carbocycles. The van der Waals surface area contributed by atoms with Gasteiger partial charge in [0.25, 0.3) is 0 Å². The second-order valence-electron chi connectivity index (χ2n) is 7.45. The second-order valence-corrected chi connectivity index (χ2v) is 7.45. The number of nitrogens with zero attached hydrogens (tertiary/aromatic N) is 2. The molecule has 0 aromatic carbocycles. The SMILES string of the molecule is CC(C)OC(=O)N1CC2(CCN(C(C)(C)C)CC2)C1. The Hall–Kier alpha value is -0.770. The van der Waals surface area contributed by atoms with Crippen molar-refractivity contribution in [2.75, 3.05) is 26.2 Å². The first kappa shape index (κ1) is 14.6. The predicted octanol–water partition coefficient (Wildman–Crippen LogP) is 2.73. The average molecular weight is 268 g/mol. The highest BCUT2D eigenvalue weighted by atomic mass is 16.6. The lowest BCUT2D eigenvalue weighted by Gasteiger charge is -2.55. The van der Waals surface area contributed by atoms with Gasteiger partial charge in [0.2, 0.25) is 0 Å². The highest BCUT2D eigenvalue weighted by Crippen LogP contribution is 2.41. The van der Waals surface area contributed by atoms with E-state index in [9.17, 15) is 4.79 Å². The molecule has 4 nitrogen and oxygen atoms in total. The number of carbonyl (C=O) groups is 1. The van der Waals surface area contributed by atoms with Crippen LogP contribution in [0.1, 0.15) is 47.5 Å². The lowest BCUT2D eigenvalue weighted by Crippen LogP contribution is -2.63. The lowest BCUT2D eigenvalue weighted by atomic mass is 9.71. The number of rotatable bonds is 1. The summed E-state index contributed by atoms with van der Waals surface area (Å²) in [7, 11) is 0. The van der Waals surface area contributed by atoms with Crippen LogP contribution in [-0.4, -0.2) is 53.7 Å². The Kier molecular flexibility index (Phi) is 3.83. The molecule has 0 atom stereocenters. The molecule has 2 aliphatic rings. The molecule has 0 aromatic heterocycles. The third-order valence-electron chi connectivity index (χ3n) is 4.42. The van der Waals surface area contributed by atoms with Gasteiger partial charge >= 0.3 is 6.09 Å². The number of ether oxygens (including phenoxy) is 1. The van der Waals surface area contributed by atoms with Gasteiger partial charge in [0, 0.05) is 24.0 Å². The Labute approximate surface area is 117 Å². The van der Waals surface area contributed by atoms with Crippen LogP contribution < -0.4 is 0 Å². The molecular formula is C15H28N2O2. The van der Waals surface area contributed by atoms with Crippen molar-refractivity contribution in [1.29, 1.82) is 0 Å². The van der Waals surface area contributed by atoms with Crippen LogP contribution in [0.3, 0.4) is 0 Å². The van der Waals surface area contributed by atoms with Crippen molar-refractivity contribution >= 4 is 6.09 Å². The van der Waals surface area contributed by atoms with Gasteiger partial charge in [-0.3, -0.25) is 4.90 Å². The van der Waals surface area contributed by atoms with Crippen LogP contribution in [0.4, 0.5) is 4.79 Å². The largest absolute Gasteiger partial charge is 0.447 e. The molecule has 0 bridgehead atoms. The van der Waals surface area contributed by atoms with E-state index in [1.54, 1.807) is 0 Å². The molecule has 0 aromatic rings. The first-order valence-electron chi connectivity index (χ1n) is 7.42. The molecule has 2 saturated heterocycles. The summed E-state index contributed by atoms with van der Waals surface area (Å²) < 4.78 is 5.24. The van der Waals surface area contributed by atoms with Crippen molar-refractivity contribution in [1.82, 2.24) is 9.80 Å². The molecule has 0 N–H and O–H groups in total. The molecule has 1 spiro atoms. The maximum Gasteiger partial charge on any atom is 0.410 e. The molecule has 0 unspecified atom stereocenters. The summed E-state index contributed by atoms with van der Waals surface area (Å²) >= 11 is 0. The number of carbonyl (C=O) groups excluding carboxylic acids is 1. The molecule has 2 heterocycles. The fourth-order valence-corrected chi connectivity index (χ4v) is 3.14. The molecule has 19 heavy (non-hydrogen) atoms.